The van der Waals surface area contributed by atoms with Gasteiger partial charge in [-0.1, -0.05) is 51.1 Å². The fourth-order valence-corrected chi connectivity index (χ4v) is 3.21. The summed E-state index contributed by atoms with van der Waals surface area (Å²) in [5.74, 6) is 1.46. The number of amides is 2. The summed E-state index contributed by atoms with van der Waals surface area (Å²) < 4.78 is 16.3. The van der Waals surface area contributed by atoms with Crippen LogP contribution in [0, 0.1) is 5.92 Å². The van der Waals surface area contributed by atoms with Gasteiger partial charge in [-0.15, -0.1) is 0 Å². The summed E-state index contributed by atoms with van der Waals surface area (Å²) in [6.45, 7) is 6.63. The molecule has 0 spiro atoms. The van der Waals surface area contributed by atoms with Crippen molar-refractivity contribution in [1.29, 1.82) is 0 Å². The first-order valence-corrected chi connectivity index (χ1v) is 10.8. The number of methoxy groups -OCH3 is 2. The minimum absolute atomic E-state index is 0.159. The second-order valence-electron chi connectivity index (χ2n) is 7.91. The van der Waals surface area contributed by atoms with Gasteiger partial charge in [0.2, 0.25) is 5.91 Å². The van der Waals surface area contributed by atoms with Gasteiger partial charge in [0, 0.05) is 31.3 Å². The van der Waals surface area contributed by atoms with Crippen molar-refractivity contribution in [3.8, 4) is 17.2 Å². The van der Waals surface area contributed by atoms with E-state index in [2.05, 4.69) is 5.32 Å². The minimum Gasteiger partial charge on any atom is -0.496 e. The first-order valence-electron chi connectivity index (χ1n) is 10.8. The van der Waals surface area contributed by atoms with Crippen LogP contribution in [0.3, 0.4) is 0 Å². The highest BCUT2D eigenvalue weighted by Crippen LogP contribution is 2.27. The van der Waals surface area contributed by atoms with Gasteiger partial charge in [-0.05, 0) is 17.9 Å². The molecule has 7 nitrogen and oxygen atoms in total. The largest absolute Gasteiger partial charge is 0.496 e. The summed E-state index contributed by atoms with van der Waals surface area (Å²) in [5.41, 5.74) is 0.944. The number of benzene rings is 2. The second kappa shape index (κ2) is 12.6. The lowest BCUT2D eigenvalue weighted by atomic mass is 10.1. The van der Waals surface area contributed by atoms with Crippen molar-refractivity contribution in [3.05, 3.63) is 54.1 Å². The van der Waals surface area contributed by atoms with E-state index in [0.29, 0.717) is 42.7 Å². The molecule has 0 aromatic heterocycles. The molecule has 1 atom stereocenters. The lowest BCUT2D eigenvalue weighted by molar-refractivity contribution is -0.143. The van der Waals surface area contributed by atoms with Crippen molar-refractivity contribution in [3.63, 3.8) is 0 Å². The monoisotopic (exact) mass is 442 g/mol. The topological polar surface area (TPSA) is 77.1 Å². The zero-order valence-electron chi connectivity index (χ0n) is 19.6. The number of nitrogens with zero attached hydrogens (tertiary/aromatic N) is 1. The number of ether oxygens (including phenoxy) is 3. The van der Waals surface area contributed by atoms with Gasteiger partial charge in [-0.2, -0.15) is 0 Å². The predicted molar refractivity (Wildman–Crippen MR) is 124 cm³/mol. The summed E-state index contributed by atoms with van der Waals surface area (Å²) in [6, 6.07) is 14.1. The number of carbonyl (C=O) groups excluding carboxylic acids is 2. The van der Waals surface area contributed by atoms with Crippen molar-refractivity contribution in [2.45, 2.75) is 39.8 Å². The highest BCUT2D eigenvalue weighted by molar-refractivity contribution is 5.88. The Morgan fingerprint density at radius 2 is 1.56 bits per heavy atom. The lowest BCUT2D eigenvalue weighted by Gasteiger charge is -2.30. The Kier molecular flexibility index (Phi) is 9.85. The third-order valence-corrected chi connectivity index (χ3v) is 4.95. The molecule has 1 unspecified atom stereocenters. The van der Waals surface area contributed by atoms with Crippen LogP contribution in [-0.2, 0) is 16.1 Å². The van der Waals surface area contributed by atoms with Gasteiger partial charge in [-0.25, -0.2) is 0 Å². The normalized spacial score (nSPS) is 11.6. The highest BCUT2D eigenvalue weighted by Gasteiger charge is 2.29. The van der Waals surface area contributed by atoms with Crippen LogP contribution in [-0.4, -0.2) is 50.1 Å². The maximum Gasteiger partial charge on any atom is 0.261 e. The number of nitrogens with one attached hydrogen (secondary N) is 1. The molecule has 0 heterocycles. The standard InChI is InChI=1S/C25H34N2O5/c1-6-23(25(29)26-15-18(2)3)27(16-19-10-8-7-9-11-19)24(28)17-32-22-13-20(30-4)12-21(14-22)31-5/h7-14,18,23H,6,15-17H2,1-5H3,(H,26,29). The van der Waals surface area contributed by atoms with E-state index in [-0.39, 0.29) is 18.4 Å². The molecule has 2 aromatic rings. The van der Waals surface area contributed by atoms with Crippen LogP contribution in [0.4, 0.5) is 0 Å². The Balaban J connectivity index is 2.20. The number of hydrogen-bond donors (Lipinski definition) is 1. The Hall–Kier alpha value is -3.22. The van der Waals surface area contributed by atoms with E-state index in [1.807, 2.05) is 51.1 Å². The number of rotatable bonds is 12. The third-order valence-electron chi connectivity index (χ3n) is 4.95. The van der Waals surface area contributed by atoms with Crippen molar-refractivity contribution < 1.29 is 23.8 Å². The average molecular weight is 443 g/mol. The summed E-state index contributed by atoms with van der Waals surface area (Å²) in [7, 11) is 3.10. The fourth-order valence-electron chi connectivity index (χ4n) is 3.21. The van der Waals surface area contributed by atoms with E-state index in [1.54, 1.807) is 37.3 Å². The second-order valence-corrected chi connectivity index (χ2v) is 7.91. The Morgan fingerprint density at radius 1 is 0.969 bits per heavy atom. The fraction of sp³-hybridized carbons (Fsp3) is 0.440. The number of hydrogen-bond acceptors (Lipinski definition) is 5. The molecule has 0 saturated carbocycles. The van der Waals surface area contributed by atoms with E-state index in [0.717, 1.165) is 5.56 Å². The number of carbonyl (C=O) groups is 2. The molecule has 174 valence electrons. The molecule has 0 bridgehead atoms. The van der Waals surface area contributed by atoms with Crippen LogP contribution in [0.2, 0.25) is 0 Å². The van der Waals surface area contributed by atoms with Gasteiger partial charge in [0.25, 0.3) is 5.91 Å². The van der Waals surface area contributed by atoms with Crippen LogP contribution in [0.15, 0.2) is 48.5 Å². The first-order chi connectivity index (χ1) is 15.4. The highest BCUT2D eigenvalue weighted by atomic mass is 16.5. The van der Waals surface area contributed by atoms with Crippen LogP contribution in [0.1, 0.15) is 32.8 Å². The van der Waals surface area contributed by atoms with Gasteiger partial charge in [-0.3, -0.25) is 9.59 Å². The van der Waals surface area contributed by atoms with Gasteiger partial charge >= 0.3 is 0 Å². The Morgan fingerprint density at radius 3 is 2.09 bits per heavy atom. The summed E-state index contributed by atoms with van der Waals surface area (Å²) >= 11 is 0. The van der Waals surface area contributed by atoms with Gasteiger partial charge in [0.05, 0.1) is 14.2 Å². The molecule has 32 heavy (non-hydrogen) atoms. The lowest BCUT2D eigenvalue weighted by Crippen LogP contribution is -2.50. The predicted octanol–water partition coefficient (Wildman–Crippen LogP) is 3.66. The molecule has 2 rings (SSSR count). The Bertz CT molecular complexity index is 848. The molecule has 0 saturated heterocycles. The molecule has 7 heteroatoms. The van der Waals surface area contributed by atoms with Gasteiger partial charge in [0.15, 0.2) is 6.61 Å². The SMILES string of the molecule is CCC(C(=O)NCC(C)C)N(Cc1ccccc1)C(=O)COc1cc(OC)cc(OC)c1. The van der Waals surface area contributed by atoms with E-state index in [1.165, 1.54) is 0 Å². The molecule has 0 radical (unpaired) electrons. The third kappa shape index (κ3) is 7.48. The van der Waals surface area contributed by atoms with E-state index in [9.17, 15) is 9.59 Å². The molecule has 0 aliphatic carbocycles. The van der Waals surface area contributed by atoms with Crippen LogP contribution in [0.25, 0.3) is 0 Å². The van der Waals surface area contributed by atoms with Crippen LogP contribution in [0.5, 0.6) is 17.2 Å². The van der Waals surface area contributed by atoms with Crippen molar-refractivity contribution >= 4 is 11.8 Å². The Labute approximate surface area is 190 Å². The van der Waals surface area contributed by atoms with Crippen LogP contribution < -0.4 is 19.5 Å². The molecule has 2 amide bonds. The maximum absolute atomic E-state index is 13.2. The zero-order chi connectivity index (χ0) is 23.5. The van der Waals surface area contributed by atoms with E-state index in [4.69, 9.17) is 14.2 Å². The quantitative estimate of drug-likeness (QED) is 0.543. The molecular weight excluding hydrogens is 408 g/mol. The summed E-state index contributed by atoms with van der Waals surface area (Å²) in [6.07, 6.45) is 0.496. The molecule has 0 fully saturated rings. The van der Waals surface area contributed by atoms with Crippen LogP contribution >= 0.6 is 0 Å². The smallest absolute Gasteiger partial charge is 0.261 e. The zero-order valence-corrected chi connectivity index (χ0v) is 19.6. The van der Waals surface area contributed by atoms with Crippen molar-refractivity contribution in [1.82, 2.24) is 10.2 Å². The van der Waals surface area contributed by atoms with E-state index >= 15 is 0 Å². The van der Waals surface area contributed by atoms with Crippen molar-refractivity contribution in [2.24, 2.45) is 5.92 Å². The van der Waals surface area contributed by atoms with E-state index < -0.39 is 6.04 Å². The maximum atomic E-state index is 13.2. The van der Waals surface area contributed by atoms with Gasteiger partial charge < -0.3 is 24.4 Å². The van der Waals surface area contributed by atoms with Gasteiger partial charge in [0.1, 0.15) is 23.3 Å². The molecule has 2 aromatic carbocycles. The molecular formula is C25H34N2O5. The van der Waals surface area contributed by atoms with Crippen molar-refractivity contribution in [2.75, 3.05) is 27.4 Å². The summed E-state index contributed by atoms with van der Waals surface area (Å²) in [5, 5.41) is 2.95. The molecule has 1 N–H and O–H groups in total. The molecule has 0 aliphatic heterocycles. The molecule has 0 aliphatic rings. The summed E-state index contributed by atoms with van der Waals surface area (Å²) in [4.78, 5) is 27.7. The minimum atomic E-state index is -0.593. The average Bonchev–Trinajstić information content (AvgIpc) is 2.81. The first kappa shape index (κ1) is 25.0.